The number of rotatable bonds is 2. The highest BCUT2D eigenvalue weighted by Gasteiger charge is 2.37. The molecule has 1 saturated carbocycles. The average Bonchev–Trinajstić information content (AvgIpc) is 2.47. The number of aliphatic hydroxyl groups is 1. The number of nitrogens with zero attached hydrogens (tertiary/aromatic N) is 1. The molecule has 0 heterocycles. The molecule has 0 saturated heterocycles. The Morgan fingerprint density at radius 1 is 1.47 bits per heavy atom. The van der Waals surface area contributed by atoms with Crippen molar-refractivity contribution in [3.8, 4) is 0 Å². The van der Waals surface area contributed by atoms with E-state index in [1.165, 1.54) is 7.05 Å². The van der Waals surface area contributed by atoms with Gasteiger partial charge in [0.15, 0.2) is 0 Å². The van der Waals surface area contributed by atoms with E-state index >= 15 is 0 Å². The van der Waals surface area contributed by atoms with E-state index in [9.17, 15) is 23.1 Å². The van der Waals surface area contributed by atoms with Crippen molar-refractivity contribution in [3.63, 3.8) is 0 Å². The fourth-order valence-electron chi connectivity index (χ4n) is 1.85. The third-order valence-corrected chi connectivity index (χ3v) is 2.69. The highest BCUT2D eigenvalue weighted by Crippen LogP contribution is 2.26. The molecule has 0 aromatic carbocycles. The summed E-state index contributed by atoms with van der Waals surface area (Å²) in [5.74, 6) is -0.978. The summed E-state index contributed by atoms with van der Waals surface area (Å²) in [6.07, 6.45) is -4.75. The SMILES string of the molecule is CN(C(=O)CC(F)(F)F)[C@@H]1CCC[C@H]1O. The average molecular weight is 225 g/mol. The minimum atomic E-state index is -4.48. The van der Waals surface area contributed by atoms with Crippen LogP contribution in [0.15, 0.2) is 0 Å². The fourth-order valence-corrected chi connectivity index (χ4v) is 1.85. The first kappa shape index (κ1) is 12.3. The van der Waals surface area contributed by atoms with Crippen LogP contribution in [0.5, 0.6) is 0 Å². The van der Waals surface area contributed by atoms with Gasteiger partial charge in [-0.2, -0.15) is 13.2 Å². The van der Waals surface area contributed by atoms with E-state index in [-0.39, 0.29) is 0 Å². The van der Waals surface area contributed by atoms with Crippen LogP contribution in [0.3, 0.4) is 0 Å². The number of alkyl halides is 3. The summed E-state index contributed by atoms with van der Waals surface area (Å²) < 4.78 is 35.8. The summed E-state index contributed by atoms with van der Waals surface area (Å²) in [7, 11) is 1.31. The van der Waals surface area contributed by atoms with E-state index in [4.69, 9.17) is 0 Å². The molecule has 1 aliphatic carbocycles. The van der Waals surface area contributed by atoms with Gasteiger partial charge in [-0.25, -0.2) is 0 Å². The Morgan fingerprint density at radius 3 is 2.47 bits per heavy atom. The molecule has 1 amide bonds. The predicted octanol–water partition coefficient (Wildman–Crippen LogP) is 1.31. The van der Waals surface area contributed by atoms with Crippen LogP contribution in [-0.2, 0) is 4.79 Å². The molecule has 0 aromatic heterocycles. The Kier molecular flexibility index (Phi) is 3.59. The van der Waals surface area contributed by atoms with E-state index in [1.54, 1.807) is 0 Å². The molecule has 0 radical (unpaired) electrons. The largest absolute Gasteiger partial charge is 0.397 e. The molecule has 15 heavy (non-hydrogen) atoms. The number of amides is 1. The van der Waals surface area contributed by atoms with Gasteiger partial charge in [0.2, 0.25) is 5.91 Å². The summed E-state index contributed by atoms with van der Waals surface area (Å²) in [5, 5.41) is 9.43. The van der Waals surface area contributed by atoms with Crippen molar-refractivity contribution in [2.75, 3.05) is 7.05 Å². The molecular weight excluding hydrogens is 211 g/mol. The molecule has 1 aliphatic rings. The molecule has 88 valence electrons. The molecule has 0 spiro atoms. The highest BCUT2D eigenvalue weighted by atomic mass is 19.4. The van der Waals surface area contributed by atoms with Crippen molar-refractivity contribution in [2.24, 2.45) is 0 Å². The Morgan fingerprint density at radius 2 is 2.07 bits per heavy atom. The second-order valence-electron chi connectivity index (χ2n) is 3.86. The second kappa shape index (κ2) is 4.38. The van der Waals surface area contributed by atoms with Crippen molar-refractivity contribution >= 4 is 5.91 Å². The molecule has 0 aromatic rings. The van der Waals surface area contributed by atoms with E-state index < -0.39 is 30.7 Å². The van der Waals surface area contributed by atoms with Gasteiger partial charge >= 0.3 is 6.18 Å². The van der Waals surface area contributed by atoms with Crippen LogP contribution in [0.1, 0.15) is 25.7 Å². The number of halogens is 3. The van der Waals surface area contributed by atoms with Crippen molar-refractivity contribution in [1.82, 2.24) is 4.90 Å². The smallest absolute Gasteiger partial charge is 0.391 e. The predicted molar refractivity (Wildman–Crippen MR) is 47.1 cm³/mol. The number of likely N-dealkylation sites (N-methyl/N-ethyl adjacent to an activating group) is 1. The summed E-state index contributed by atoms with van der Waals surface area (Å²) in [4.78, 5) is 12.2. The molecule has 3 nitrogen and oxygen atoms in total. The molecule has 6 heteroatoms. The van der Waals surface area contributed by atoms with Crippen molar-refractivity contribution in [1.29, 1.82) is 0 Å². The number of carbonyl (C=O) groups excluding carboxylic acids is 1. The topological polar surface area (TPSA) is 40.5 Å². The van der Waals surface area contributed by atoms with Crippen molar-refractivity contribution in [2.45, 2.75) is 44.0 Å². The maximum Gasteiger partial charge on any atom is 0.397 e. The van der Waals surface area contributed by atoms with E-state index in [1.807, 2.05) is 0 Å². The van der Waals surface area contributed by atoms with E-state index in [0.717, 1.165) is 11.3 Å². The van der Waals surface area contributed by atoms with Crippen LogP contribution in [0.25, 0.3) is 0 Å². The maximum absolute atomic E-state index is 11.9. The highest BCUT2D eigenvalue weighted by molar-refractivity contribution is 5.77. The standard InChI is InChI=1S/C9H14F3NO2/c1-13(6-3-2-4-7(6)14)8(15)5-9(10,11)12/h6-7,14H,2-5H2,1H3/t6-,7-/m1/s1. The zero-order valence-corrected chi connectivity index (χ0v) is 8.42. The Balaban J connectivity index is 2.52. The summed E-state index contributed by atoms with van der Waals surface area (Å²) in [6, 6.07) is -0.458. The first-order valence-corrected chi connectivity index (χ1v) is 4.82. The van der Waals surface area contributed by atoms with Gasteiger partial charge in [0.1, 0.15) is 6.42 Å². The van der Waals surface area contributed by atoms with Crippen LogP contribution < -0.4 is 0 Å². The lowest BCUT2D eigenvalue weighted by molar-refractivity contribution is -0.163. The van der Waals surface area contributed by atoms with Crippen LogP contribution in [0, 0.1) is 0 Å². The first-order chi connectivity index (χ1) is 6.81. The van der Waals surface area contributed by atoms with Gasteiger partial charge in [-0.3, -0.25) is 4.79 Å². The number of aliphatic hydroxyl groups excluding tert-OH is 1. The molecule has 0 unspecified atom stereocenters. The van der Waals surface area contributed by atoms with Gasteiger partial charge in [0.05, 0.1) is 12.1 Å². The first-order valence-electron chi connectivity index (χ1n) is 4.82. The molecule has 2 atom stereocenters. The van der Waals surface area contributed by atoms with Crippen molar-refractivity contribution < 1.29 is 23.1 Å². The van der Waals surface area contributed by atoms with Gasteiger partial charge in [-0.15, -0.1) is 0 Å². The van der Waals surface area contributed by atoms with Crippen LogP contribution >= 0.6 is 0 Å². The summed E-state index contributed by atoms with van der Waals surface area (Å²) in [5.41, 5.74) is 0. The molecule has 1 rings (SSSR count). The quantitative estimate of drug-likeness (QED) is 0.769. The Labute approximate surface area is 85.9 Å². The Bertz CT molecular complexity index is 242. The lowest BCUT2D eigenvalue weighted by Crippen LogP contribution is -2.43. The lowest BCUT2D eigenvalue weighted by atomic mass is 10.2. The molecule has 0 aliphatic heterocycles. The third kappa shape index (κ3) is 3.37. The number of hydrogen-bond donors (Lipinski definition) is 1. The van der Waals surface area contributed by atoms with Gasteiger partial charge in [0.25, 0.3) is 0 Å². The molecule has 1 fully saturated rings. The minimum absolute atomic E-state index is 0.458. The normalized spacial score (nSPS) is 26.7. The van der Waals surface area contributed by atoms with E-state index in [0.29, 0.717) is 12.8 Å². The molecular formula is C9H14F3NO2. The van der Waals surface area contributed by atoms with Gasteiger partial charge in [-0.1, -0.05) is 0 Å². The third-order valence-electron chi connectivity index (χ3n) is 2.69. The number of hydrogen-bond acceptors (Lipinski definition) is 2. The lowest BCUT2D eigenvalue weighted by Gasteiger charge is -2.27. The van der Waals surface area contributed by atoms with Crippen LogP contribution in [-0.4, -0.2) is 41.3 Å². The molecule has 1 N–H and O–H groups in total. The zero-order valence-electron chi connectivity index (χ0n) is 8.42. The summed E-state index contributed by atoms with van der Waals surface area (Å²) in [6.45, 7) is 0. The van der Waals surface area contributed by atoms with Crippen molar-refractivity contribution in [3.05, 3.63) is 0 Å². The fraction of sp³-hybridized carbons (Fsp3) is 0.889. The van der Waals surface area contributed by atoms with Crippen LogP contribution in [0.2, 0.25) is 0 Å². The van der Waals surface area contributed by atoms with Crippen LogP contribution in [0.4, 0.5) is 13.2 Å². The minimum Gasteiger partial charge on any atom is -0.391 e. The van der Waals surface area contributed by atoms with Gasteiger partial charge in [-0.05, 0) is 19.3 Å². The van der Waals surface area contributed by atoms with Gasteiger partial charge < -0.3 is 10.0 Å². The zero-order chi connectivity index (χ0) is 11.6. The summed E-state index contributed by atoms with van der Waals surface area (Å²) >= 11 is 0. The van der Waals surface area contributed by atoms with E-state index in [2.05, 4.69) is 0 Å². The number of carbonyl (C=O) groups is 1. The molecule has 0 bridgehead atoms. The maximum atomic E-state index is 11.9. The monoisotopic (exact) mass is 225 g/mol. The second-order valence-corrected chi connectivity index (χ2v) is 3.86. The van der Waals surface area contributed by atoms with Gasteiger partial charge in [0, 0.05) is 7.05 Å². The Hall–Kier alpha value is -0.780.